The maximum absolute atomic E-state index is 13.0. The standard InChI is InChI=1S/C22H23Cl2N3O4S/c1-12(13-3-6-19-18(9-13)26-20(28)11-31-19)25-22(30)17(7-8-32-2)27-21(29)15-5-4-14(23)10-16(15)24/h3-6,9-10,12,17H,7-8,11H2,1-2H3,(H,25,30)(H,26,28)(H,27,29). The molecule has 0 aromatic heterocycles. The van der Waals surface area contributed by atoms with Gasteiger partial charge in [0.15, 0.2) is 6.61 Å². The normalized spacial score (nSPS) is 14.4. The first kappa shape index (κ1) is 24.2. The van der Waals surface area contributed by atoms with Crippen molar-refractivity contribution in [2.75, 3.05) is 23.9 Å². The highest BCUT2D eigenvalue weighted by molar-refractivity contribution is 7.98. The molecule has 0 aliphatic carbocycles. The van der Waals surface area contributed by atoms with Crippen molar-refractivity contribution in [2.24, 2.45) is 0 Å². The van der Waals surface area contributed by atoms with Crippen LogP contribution in [0.1, 0.15) is 35.3 Å². The topological polar surface area (TPSA) is 96.5 Å². The van der Waals surface area contributed by atoms with E-state index in [1.165, 1.54) is 12.1 Å². The lowest BCUT2D eigenvalue weighted by Gasteiger charge is -2.23. The van der Waals surface area contributed by atoms with E-state index in [1.54, 1.807) is 30.0 Å². The second-order valence-electron chi connectivity index (χ2n) is 7.25. The number of benzene rings is 2. The Labute approximate surface area is 200 Å². The van der Waals surface area contributed by atoms with Crippen molar-refractivity contribution in [3.8, 4) is 5.75 Å². The van der Waals surface area contributed by atoms with Crippen molar-refractivity contribution >= 4 is 58.4 Å². The molecule has 2 aromatic carbocycles. The second-order valence-corrected chi connectivity index (χ2v) is 9.08. The first-order valence-electron chi connectivity index (χ1n) is 9.90. The van der Waals surface area contributed by atoms with Crippen molar-refractivity contribution in [3.05, 3.63) is 57.6 Å². The summed E-state index contributed by atoms with van der Waals surface area (Å²) in [5.74, 6) is 0.268. The molecule has 170 valence electrons. The van der Waals surface area contributed by atoms with Crippen LogP contribution in [0.25, 0.3) is 0 Å². The fourth-order valence-electron chi connectivity index (χ4n) is 3.18. The number of nitrogens with one attached hydrogen (secondary N) is 3. The SMILES string of the molecule is CSCCC(NC(=O)c1ccc(Cl)cc1Cl)C(=O)NC(C)c1ccc2c(c1)NC(=O)CO2. The average Bonchev–Trinajstić information content (AvgIpc) is 2.75. The summed E-state index contributed by atoms with van der Waals surface area (Å²) in [6.07, 6.45) is 2.38. The highest BCUT2D eigenvalue weighted by atomic mass is 35.5. The summed E-state index contributed by atoms with van der Waals surface area (Å²) < 4.78 is 5.37. The van der Waals surface area contributed by atoms with E-state index in [4.69, 9.17) is 27.9 Å². The van der Waals surface area contributed by atoms with Crippen LogP contribution in [-0.4, -0.2) is 42.4 Å². The number of amides is 3. The van der Waals surface area contributed by atoms with Gasteiger partial charge in [-0.2, -0.15) is 11.8 Å². The first-order chi connectivity index (χ1) is 15.3. The number of carbonyl (C=O) groups is 3. The van der Waals surface area contributed by atoms with Gasteiger partial charge in [0, 0.05) is 5.02 Å². The summed E-state index contributed by atoms with van der Waals surface area (Å²) in [6.45, 7) is 1.81. The van der Waals surface area contributed by atoms with Crippen LogP contribution in [0, 0.1) is 0 Å². The van der Waals surface area contributed by atoms with Crippen LogP contribution in [0.4, 0.5) is 5.69 Å². The molecule has 2 atom stereocenters. The van der Waals surface area contributed by atoms with Crippen molar-refractivity contribution in [2.45, 2.75) is 25.4 Å². The molecule has 32 heavy (non-hydrogen) atoms. The molecule has 1 aliphatic heterocycles. The van der Waals surface area contributed by atoms with Crippen LogP contribution >= 0.6 is 35.0 Å². The number of thioether (sulfide) groups is 1. The Hall–Kier alpha value is -2.42. The highest BCUT2D eigenvalue weighted by Gasteiger charge is 2.24. The van der Waals surface area contributed by atoms with Crippen molar-refractivity contribution in [1.82, 2.24) is 10.6 Å². The van der Waals surface area contributed by atoms with Gasteiger partial charge in [-0.05, 0) is 61.2 Å². The molecule has 10 heteroatoms. The molecule has 0 saturated heterocycles. The second kappa shape index (κ2) is 10.9. The van der Waals surface area contributed by atoms with E-state index in [1.807, 2.05) is 19.2 Å². The number of halogens is 2. The third kappa shape index (κ3) is 6.09. The summed E-state index contributed by atoms with van der Waals surface area (Å²) in [5.41, 5.74) is 1.60. The Balaban J connectivity index is 1.70. The summed E-state index contributed by atoms with van der Waals surface area (Å²) in [4.78, 5) is 37.3. The van der Waals surface area contributed by atoms with Gasteiger partial charge in [-0.25, -0.2) is 0 Å². The third-order valence-electron chi connectivity index (χ3n) is 4.90. The Kier molecular flexibility index (Phi) is 8.28. The molecule has 2 aromatic rings. The van der Waals surface area contributed by atoms with Crippen LogP contribution in [0.3, 0.4) is 0 Å². The van der Waals surface area contributed by atoms with E-state index in [9.17, 15) is 14.4 Å². The van der Waals surface area contributed by atoms with Crippen molar-refractivity contribution in [3.63, 3.8) is 0 Å². The number of carbonyl (C=O) groups excluding carboxylic acids is 3. The third-order valence-corrected chi connectivity index (χ3v) is 6.10. The zero-order chi connectivity index (χ0) is 23.3. The van der Waals surface area contributed by atoms with Crippen LogP contribution in [0.5, 0.6) is 5.75 Å². The van der Waals surface area contributed by atoms with E-state index < -0.39 is 11.9 Å². The van der Waals surface area contributed by atoms with Gasteiger partial charge in [-0.15, -0.1) is 0 Å². The minimum Gasteiger partial charge on any atom is -0.482 e. The lowest BCUT2D eigenvalue weighted by atomic mass is 10.1. The number of hydrogen-bond acceptors (Lipinski definition) is 5. The van der Waals surface area contributed by atoms with Gasteiger partial charge in [-0.1, -0.05) is 29.3 Å². The molecular formula is C22H23Cl2N3O4S. The monoisotopic (exact) mass is 495 g/mol. The number of anilines is 1. The number of rotatable bonds is 8. The fraction of sp³-hybridized carbons (Fsp3) is 0.318. The summed E-state index contributed by atoms with van der Waals surface area (Å²) >= 11 is 13.6. The summed E-state index contributed by atoms with van der Waals surface area (Å²) in [6, 6.07) is 8.81. The smallest absolute Gasteiger partial charge is 0.262 e. The molecule has 3 N–H and O–H groups in total. The fourth-order valence-corrected chi connectivity index (χ4v) is 4.15. The number of hydrogen-bond donors (Lipinski definition) is 3. The van der Waals surface area contributed by atoms with Gasteiger partial charge in [0.25, 0.3) is 11.8 Å². The molecule has 3 amide bonds. The predicted molar refractivity (Wildman–Crippen MR) is 128 cm³/mol. The molecule has 2 unspecified atom stereocenters. The lowest BCUT2D eigenvalue weighted by Crippen LogP contribution is -2.47. The minimum absolute atomic E-state index is 0.0207. The van der Waals surface area contributed by atoms with Gasteiger partial charge >= 0.3 is 0 Å². The molecule has 1 heterocycles. The maximum Gasteiger partial charge on any atom is 0.262 e. The molecule has 1 aliphatic rings. The van der Waals surface area contributed by atoms with Crippen LogP contribution in [-0.2, 0) is 9.59 Å². The minimum atomic E-state index is -0.746. The highest BCUT2D eigenvalue weighted by Crippen LogP contribution is 2.30. The number of ether oxygens (including phenoxy) is 1. The zero-order valence-corrected chi connectivity index (χ0v) is 19.9. The number of fused-ring (bicyclic) bond motifs is 1. The molecule has 7 nitrogen and oxygen atoms in total. The largest absolute Gasteiger partial charge is 0.482 e. The maximum atomic E-state index is 13.0. The molecule has 0 bridgehead atoms. The van der Waals surface area contributed by atoms with Gasteiger partial charge < -0.3 is 20.7 Å². The zero-order valence-electron chi connectivity index (χ0n) is 17.5. The van der Waals surface area contributed by atoms with E-state index in [0.717, 1.165) is 5.56 Å². The van der Waals surface area contributed by atoms with E-state index in [0.29, 0.717) is 28.6 Å². The molecule has 0 radical (unpaired) electrons. The summed E-state index contributed by atoms with van der Waals surface area (Å²) in [5, 5.41) is 9.09. The Morgan fingerprint density at radius 3 is 2.69 bits per heavy atom. The molecular weight excluding hydrogens is 473 g/mol. The summed E-state index contributed by atoms with van der Waals surface area (Å²) in [7, 11) is 0. The van der Waals surface area contributed by atoms with Crippen molar-refractivity contribution in [1.29, 1.82) is 0 Å². The molecule has 0 fully saturated rings. The van der Waals surface area contributed by atoms with Crippen LogP contribution in [0.2, 0.25) is 10.0 Å². The predicted octanol–water partition coefficient (Wildman–Crippen LogP) is 4.05. The van der Waals surface area contributed by atoms with Gasteiger partial charge in [0.05, 0.1) is 22.3 Å². The van der Waals surface area contributed by atoms with E-state index >= 15 is 0 Å². The van der Waals surface area contributed by atoms with Gasteiger partial charge in [0.2, 0.25) is 5.91 Å². The first-order valence-corrected chi connectivity index (χ1v) is 12.0. The van der Waals surface area contributed by atoms with Gasteiger partial charge in [-0.3, -0.25) is 14.4 Å². The molecule has 0 saturated carbocycles. The Bertz CT molecular complexity index is 1030. The van der Waals surface area contributed by atoms with E-state index in [-0.39, 0.29) is 35.0 Å². The Morgan fingerprint density at radius 2 is 1.97 bits per heavy atom. The average molecular weight is 496 g/mol. The van der Waals surface area contributed by atoms with Crippen molar-refractivity contribution < 1.29 is 19.1 Å². The quantitative estimate of drug-likeness (QED) is 0.513. The van der Waals surface area contributed by atoms with Crippen LogP contribution in [0.15, 0.2) is 36.4 Å². The lowest BCUT2D eigenvalue weighted by molar-refractivity contribution is -0.123. The van der Waals surface area contributed by atoms with Crippen LogP contribution < -0.4 is 20.7 Å². The molecule has 3 rings (SSSR count). The molecule has 0 spiro atoms. The van der Waals surface area contributed by atoms with Gasteiger partial charge in [0.1, 0.15) is 11.8 Å². The Morgan fingerprint density at radius 1 is 1.19 bits per heavy atom. The van der Waals surface area contributed by atoms with E-state index in [2.05, 4.69) is 16.0 Å².